The van der Waals surface area contributed by atoms with E-state index in [0.717, 1.165) is 16.7 Å². The fourth-order valence-electron chi connectivity index (χ4n) is 0.761. The van der Waals surface area contributed by atoms with Gasteiger partial charge in [0.2, 0.25) is 0 Å². The van der Waals surface area contributed by atoms with Gasteiger partial charge in [-0.3, -0.25) is 4.79 Å². The Morgan fingerprint density at radius 3 is 3.00 bits per heavy atom. The van der Waals surface area contributed by atoms with Gasteiger partial charge in [0.1, 0.15) is 0 Å². The highest BCUT2D eigenvalue weighted by Crippen LogP contribution is 2.17. The summed E-state index contributed by atoms with van der Waals surface area (Å²) in [5.74, 6) is 0.678. The summed E-state index contributed by atoms with van der Waals surface area (Å²) in [6, 6.07) is 0. The first-order valence-corrected chi connectivity index (χ1v) is 4.35. The first-order valence-electron chi connectivity index (χ1n) is 3.36. The van der Waals surface area contributed by atoms with Crippen molar-refractivity contribution in [3.05, 3.63) is 0 Å². The summed E-state index contributed by atoms with van der Waals surface area (Å²) in [6.07, 6.45) is -0.525. The highest BCUT2D eigenvalue weighted by molar-refractivity contribution is 8.13. The van der Waals surface area contributed by atoms with Gasteiger partial charge in [0, 0.05) is 12.3 Å². The molecule has 0 aromatic heterocycles. The molecule has 0 unspecified atom stereocenters. The number of rotatable bonds is 1. The lowest BCUT2D eigenvalue weighted by atomic mass is 10.6. The van der Waals surface area contributed by atoms with E-state index in [1.807, 2.05) is 0 Å². The number of nitrogens with zero attached hydrogens (tertiary/aromatic N) is 1. The minimum absolute atomic E-state index is 0.205. The van der Waals surface area contributed by atoms with Gasteiger partial charge in [0.25, 0.3) is 5.24 Å². The molecule has 0 saturated carbocycles. The molecule has 0 aromatic carbocycles. The summed E-state index contributed by atoms with van der Waals surface area (Å²) in [6.45, 7) is 2.50. The Morgan fingerprint density at radius 1 is 1.82 bits per heavy atom. The highest BCUT2D eigenvalue weighted by atomic mass is 32.2. The number of hydrogen-bond acceptors (Lipinski definition) is 4. The van der Waals surface area contributed by atoms with E-state index in [9.17, 15) is 9.59 Å². The molecule has 1 rings (SSSR count). The van der Waals surface area contributed by atoms with Crippen LogP contribution in [0.2, 0.25) is 0 Å². The van der Waals surface area contributed by atoms with Crippen LogP contribution in [-0.2, 0) is 4.74 Å². The molecule has 1 aliphatic heterocycles. The van der Waals surface area contributed by atoms with Crippen LogP contribution in [0.3, 0.4) is 0 Å². The maximum atomic E-state index is 10.9. The molecule has 1 heterocycles. The maximum absolute atomic E-state index is 10.9. The molecule has 0 aliphatic carbocycles. The van der Waals surface area contributed by atoms with Crippen molar-refractivity contribution in [1.29, 1.82) is 0 Å². The van der Waals surface area contributed by atoms with Gasteiger partial charge in [0.05, 0.1) is 6.61 Å². The largest absolute Gasteiger partial charge is 0.449 e. The van der Waals surface area contributed by atoms with Gasteiger partial charge in [-0.1, -0.05) is 11.8 Å². The van der Waals surface area contributed by atoms with Crippen molar-refractivity contribution in [3.63, 3.8) is 0 Å². The predicted molar refractivity (Wildman–Crippen MR) is 41.6 cm³/mol. The van der Waals surface area contributed by atoms with Crippen molar-refractivity contribution in [2.75, 3.05) is 18.9 Å². The van der Waals surface area contributed by atoms with Crippen LogP contribution in [0, 0.1) is 0 Å². The standard InChI is InChI=1S/C6H9NO3S/c1-2-10-5(8)7-3-4-11-6(7)9/h2-4H2,1H3. The third kappa shape index (κ3) is 1.86. The fourth-order valence-corrected chi connectivity index (χ4v) is 1.53. The Balaban J connectivity index is 2.46. The van der Waals surface area contributed by atoms with Crippen LogP contribution in [0.4, 0.5) is 9.59 Å². The average molecular weight is 175 g/mol. The molecule has 0 spiro atoms. The van der Waals surface area contributed by atoms with Crippen LogP contribution in [0.1, 0.15) is 6.92 Å². The summed E-state index contributed by atoms with van der Waals surface area (Å²) < 4.78 is 4.65. The predicted octanol–water partition coefficient (Wildman–Crippen LogP) is 1.31. The molecule has 1 fully saturated rings. The Kier molecular flexibility index (Phi) is 2.76. The quantitative estimate of drug-likeness (QED) is 0.602. The summed E-state index contributed by atoms with van der Waals surface area (Å²) in [5.41, 5.74) is 0. The molecule has 0 bridgehead atoms. The molecule has 0 radical (unpaired) electrons. The van der Waals surface area contributed by atoms with Gasteiger partial charge >= 0.3 is 6.09 Å². The lowest BCUT2D eigenvalue weighted by Crippen LogP contribution is -2.31. The van der Waals surface area contributed by atoms with Crippen LogP contribution >= 0.6 is 11.8 Å². The zero-order chi connectivity index (χ0) is 8.27. The van der Waals surface area contributed by atoms with Crippen LogP contribution in [-0.4, -0.2) is 35.1 Å². The van der Waals surface area contributed by atoms with Gasteiger partial charge < -0.3 is 4.74 Å². The molecule has 2 amide bonds. The van der Waals surface area contributed by atoms with Crippen molar-refractivity contribution in [2.45, 2.75) is 6.92 Å². The van der Waals surface area contributed by atoms with Crippen LogP contribution in [0.25, 0.3) is 0 Å². The first-order chi connectivity index (χ1) is 5.25. The first kappa shape index (κ1) is 8.39. The van der Waals surface area contributed by atoms with Crippen molar-refractivity contribution >= 4 is 23.1 Å². The number of carbonyl (C=O) groups excluding carboxylic acids is 2. The number of imide groups is 1. The third-order valence-corrected chi connectivity index (χ3v) is 2.10. The summed E-state index contributed by atoms with van der Waals surface area (Å²) in [7, 11) is 0. The van der Waals surface area contributed by atoms with E-state index in [0.29, 0.717) is 18.9 Å². The topological polar surface area (TPSA) is 46.6 Å². The smallest absolute Gasteiger partial charge is 0.417 e. The molecule has 11 heavy (non-hydrogen) atoms. The average Bonchev–Trinajstić information content (AvgIpc) is 2.36. The minimum Gasteiger partial charge on any atom is -0.449 e. The molecule has 4 nitrogen and oxygen atoms in total. The fraction of sp³-hybridized carbons (Fsp3) is 0.667. The normalized spacial score (nSPS) is 17.2. The van der Waals surface area contributed by atoms with Crippen molar-refractivity contribution in [3.8, 4) is 0 Å². The second kappa shape index (κ2) is 3.61. The Morgan fingerprint density at radius 2 is 2.55 bits per heavy atom. The van der Waals surface area contributed by atoms with Gasteiger partial charge in [-0.25, -0.2) is 9.69 Å². The van der Waals surface area contributed by atoms with Gasteiger partial charge in [-0.15, -0.1) is 0 Å². The van der Waals surface area contributed by atoms with Crippen LogP contribution < -0.4 is 0 Å². The SMILES string of the molecule is CCOC(=O)N1CCSC1=O. The monoisotopic (exact) mass is 175 g/mol. The summed E-state index contributed by atoms with van der Waals surface area (Å²) in [4.78, 5) is 22.9. The van der Waals surface area contributed by atoms with E-state index in [2.05, 4.69) is 4.74 Å². The zero-order valence-corrected chi connectivity index (χ0v) is 7.02. The number of hydrogen-bond donors (Lipinski definition) is 0. The Labute approximate surface area is 68.9 Å². The number of amides is 2. The lowest BCUT2D eigenvalue weighted by molar-refractivity contribution is 0.123. The van der Waals surface area contributed by atoms with E-state index in [1.54, 1.807) is 6.92 Å². The van der Waals surface area contributed by atoms with Gasteiger partial charge in [-0.05, 0) is 6.92 Å². The molecular formula is C6H9NO3S. The Bertz CT molecular complexity index is 183. The highest BCUT2D eigenvalue weighted by Gasteiger charge is 2.27. The van der Waals surface area contributed by atoms with E-state index >= 15 is 0 Å². The molecule has 0 N–H and O–H groups in total. The summed E-state index contributed by atoms with van der Waals surface area (Å²) >= 11 is 1.15. The summed E-state index contributed by atoms with van der Waals surface area (Å²) in [5, 5.41) is -0.205. The lowest BCUT2D eigenvalue weighted by Gasteiger charge is -2.10. The van der Waals surface area contributed by atoms with Gasteiger partial charge in [-0.2, -0.15) is 0 Å². The second-order valence-corrected chi connectivity index (χ2v) is 3.01. The zero-order valence-electron chi connectivity index (χ0n) is 6.20. The van der Waals surface area contributed by atoms with E-state index in [1.165, 1.54) is 0 Å². The van der Waals surface area contributed by atoms with E-state index in [4.69, 9.17) is 0 Å². The van der Waals surface area contributed by atoms with Crippen LogP contribution in [0.15, 0.2) is 0 Å². The number of thioether (sulfide) groups is 1. The third-order valence-electron chi connectivity index (χ3n) is 1.25. The Hall–Kier alpha value is -0.710. The molecular weight excluding hydrogens is 166 g/mol. The molecule has 0 atom stereocenters. The van der Waals surface area contributed by atoms with Crippen molar-refractivity contribution in [2.24, 2.45) is 0 Å². The van der Waals surface area contributed by atoms with Crippen molar-refractivity contribution < 1.29 is 14.3 Å². The maximum Gasteiger partial charge on any atom is 0.417 e. The number of ether oxygens (including phenoxy) is 1. The molecule has 5 heteroatoms. The van der Waals surface area contributed by atoms with Gasteiger partial charge in [0.15, 0.2) is 0 Å². The second-order valence-electron chi connectivity index (χ2n) is 1.96. The van der Waals surface area contributed by atoms with Crippen molar-refractivity contribution in [1.82, 2.24) is 4.90 Å². The molecule has 1 aliphatic rings. The minimum atomic E-state index is -0.525. The molecule has 0 aromatic rings. The van der Waals surface area contributed by atoms with Crippen LogP contribution in [0.5, 0.6) is 0 Å². The van der Waals surface area contributed by atoms with E-state index < -0.39 is 6.09 Å². The molecule has 62 valence electrons. The number of carbonyl (C=O) groups is 2. The van der Waals surface area contributed by atoms with E-state index in [-0.39, 0.29) is 5.24 Å². The molecule has 1 saturated heterocycles.